The summed E-state index contributed by atoms with van der Waals surface area (Å²) in [6.07, 6.45) is 2.15. The van der Waals surface area contributed by atoms with Gasteiger partial charge in [0.2, 0.25) is 0 Å². The Labute approximate surface area is 106 Å². The Morgan fingerprint density at radius 3 is 2.89 bits per heavy atom. The molecule has 0 atom stereocenters. The van der Waals surface area contributed by atoms with E-state index in [0.29, 0.717) is 11.4 Å². The molecule has 96 valence electrons. The first kappa shape index (κ1) is 12.3. The molecule has 0 unspecified atom stereocenters. The highest BCUT2D eigenvalue weighted by molar-refractivity contribution is 5.66. The number of tetrazole rings is 1. The van der Waals surface area contributed by atoms with Crippen molar-refractivity contribution in [3.63, 3.8) is 0 Å². The molecule has 2 rings (SSSR count). The Hall–Kier alpha value is -2.11. The molecule has 6 heteroatoms. The van der Waals surface area contributed by atoms with Crippen LogP contribution in [-0.2, 0) is 6.54 Å². The lowest BCUT2D eigenvalue weighted by molar-refractivity contribution is 0.417. The van der Waals surface area contributed by atoms with Gasteiger partial charge in [0.25, 0.3) is 0 Å². The van der Waals surface area contributed by atoms with E-state index in [4.69, 9.17) is 10.5 Å². The van der Waals surface area contributed by atoms with Crippen LogP contribution in [0.2, 0.25) is 0 Å². The van der Waals surface area contributed by atoms with Crippen molar-refractivity contribution < 1.29 is 4.74 Å². The van der Waals surface area contributed by atoms with Gasteiger partial charge < -0.3 is 10.5 Å². The summed E-state index contributed by atoms with van der Waals surface area (Å²) in [7, 11) is 1.59. The van der Waals surface area contributed by atoms with Gasteiger partial charge in [-0.15, -0.1) is 5.10 Å². The van der Waals surface area contributed by atoms with E-state index in [2.05, 4.69) is 22.4 Å². The van der Waals surface area contributed by atoms with Gasteiger partial charge in [0.15, 0.2) is 5.82 Å². The van der Waals surface area contributed by atoms with E-state index < -0.39 is 0 Å². The van der Waals surface area contributed by atoms with E-state index in [1.54, 1.807) is 11.8 Å². The second-order valence-electron chi connectivity index (χ2n) is 4.04. The number of methoxy groups -OCH3 is 1. The molecule has 0 aliphatic carbocycles. The summed E-state index contributed by atoms with van der Waals surface area (Å²) in [5.74, 6) is 1.39. The van der Waals surface area contributed by atoms with Gasteiger partial charge in [0.1, 0.15) is 5.75 Å². The smallest absolute Gasteiger partial charge is 0.182 e. The zero-order chi connectivity index (χ0) is 13.0. The lowest BCUT2D eigenvalue weighted by Crippen LogP contribution is -2.03. The molecular formula is C12H17N5O. The van der Waals surface area contributed by atoms with E-state index in [9.17, 15) is 0 Å². The molecule has 6 nitrogen and oxygen atoms in total. The summed E-state index contributed by atoms with van der Waals surface area (Å²) in [6, 6.07) is 5.56. The fourth-order valence-electron chi connectivity index (χ4n) is 1.74. The van der Waals surface area contributed by atoms with Gasteiger partial charge >= 0.3 is 0 Å². The average molecular weight is 247 g/mol. The number of aryl methyl sites for hydroxylation is 1. The zero-order valence-corrected chi connectivity index (χ0v) is 10.6. The molecule has 2 N–H and O–H groups in total. The van der Waals surface area contributed by atoms with Gasteiger partial charge in [0.05, 0.1) is 12.8 Å². The van der Waals surface area contributed by atoms with E-state index in [1.807, 2.05) is 18.2 Å². The van der Waals surface area contributed by atoms with Crippen molar-refractivity contribution in [2.45, 2.75) is 26.3 Å². The highest BCUT2D eigenvalue weighted by Crippen LogP contribution is 2.26. The Morgan fingerprint density at radius 1 is 1.39 bits per heavy atom. The van der Waals surface area contributed by atoms with Crippen molar-refractivity contribution in [2.75, 3.05) is 12.8 Å². The number of benzene rings is 1. The number of unbranched alkanes of at least 4 members (excludes halogenated alkanes) is 1. The second kappa shape index (κ2) is 5.48. The van der Waals surface area contributed by atoms with Gasteiger partial charge in [-0.1, -0.05) is 13.3 Å². The SMILES string of the molecule is CCCCn1nnnc1-c1ccc(OC)c(N)c1. The number of aromatic nitrogens is 4. The van der Waals surface area contributed by atoms with Crippen molar-refractivity contribution >= 4 is 5.69 Å². The number of nitrogens with zero attached hydrogens (tertiary/aromatic N) is 4. The van der Waals surface area contributed by atoms with Crippen molar-refractivity contribution in [1.82, 2.24) is 20.2 Å². The average Bonchev–Trinajstić information content (AvgIpc) is 2.84. The van der Waals surface area contributed by atoms with Gasteiger partial charge in [-0.3, -0.25) is 0 Å². The fraction of sp³-hybridized carbons (Fsp3) is 0.417. The van der Waals surface area contributed by atoms with E-state index in [1.165, 1.54) is 0 Å². The molecule has 18 heavy (non-hydrogen) atoms. The van der Waals surface area contributed by atoms with Crippen molar-refractivity contribution in [3.8, 4) is 17.1 Å². The van der Waals surface area contributed by atoms with Crippen LogP contribution in [0.5, 0.6) is 5.75 Å². The largest absolute Gasteiger partial charge is 0.495 e. The minimum absolute atomic E-state index is 0.583. The summed E-state index contributed by atoms with van der Waals surface area (Å²) in [5.41, 5.74) is 7.37. The number of nitrogen functional groups attached to an aromatic ring is 1. The molecule has 2 aromatic rings. The first-order chi connectivity index (χ1) is 8.76. The van der Waals surface area contributed by atoms with Crippen LogP contribution in [-0.4, -0.2) is 27.3 Å². The van der Waals surface area contributed by atoms with E-state index >= 15 is 0 Å². The minimum Gasteiger partial charge on any atom is -0.495 e. The normalized spacial score (nSPS) is 10.6. The van der Waals surface area contributed by atoms with Crippen LogP contribution in [0.15, 0.2) is 18.2 Å². The molecule has 0 saturated heterocycles. The Balaban J connectivity index is 2.31. The number of rotatable bonds is 5. The van der Waals surface area contributed by atoms with Crippen molar-refractivity contribution in [1.29, 1.82) is 0 Å². The summed E-state index contributed by atoms with van der Waals surface area (Å²) in [6.45, 7) is 2.94. The first-order valence-corrected chi connectivity index (χ1v) is 5.96. The Kier molecular flexibility index (Phi) is 3.76. The highest BCUT2D eigenvalue weighted by Gasteiger charge is 2.10. The molecule has 0 aliphatic rings. The van der Waals surface area contributed by atoms with E-state index in [0.717, 1.165) is 30.8 Å². The lowest BCUT2D eigenvalue weighted by Gasteiger charge is -2.07. The molecule has 0 fully saturated rings. The molecule has 1 heterocycles. The van der Waals surface area contributed by atoms with Crippen molar-refractivity contribution in [2.24, 2.45) is 0 Å². The Morgan fingerprint density at radius 2 is 2.22 bits per heavy atom. The maximum Gasteiger partial charge on any atom is 0.182 e. The molecule has 0 bridgehead atoms. The molecule has 0 amide bonds. The molecule has 0 aliphatic heterocycles. The van der Waals surface area contributed by atoms with Crippen LogP contribution in [0.3, 0.4) is 0 Å². The predicted molar refractivity (Wildman–Crippen MR) is 69.1 cm³/mol. The number of anilines is 1. The fourth-order valence-corrected chi connectivity index (χ4v) is 1.74. The second-order valence-corrected chi connectivity index (χ2v) is 4.04. The van der Waals surface area contributed by atoms with Crippen LogP contribution in [0, 0.1) is 0 Å². The number of hydrogen-bond acceptors (Lipinski definition) is 5. The molecular weight excluding hydrogens is 230 g/mol. The molecule has 1 aromatic carbocycles. The first-order valence-electron chi connectivity index (χ1n) is 5.96. The van der Waals surface area contributed by atoms with Crippen LogP contribution in [0.1, 0.15) is 19.8 Å². The van der Waals surface area contributed by atoms with Crippen LogP contribution < -0.4 is 10.5 Å². The van der Waals surface area contributed by atoms with Gasteiger partial charge in [-0.05, 0) is 35.0 Å². The number of ether oxygens (including phenoxy) is 1. The zero-order valence-electron chi connectivity index (χ0n) is 10.6. The molecule has 1 aromatic heterocycles. The molecule has 0 spiro atoms. The van der Waals surface area contributed by atoms with E-state index in [-0.39, 0.29) is 0 Å². The highest BCUT2D eigenvalue weighted by atomic mass is 16.5. The standard InChI is InChI=1S/C12H17N5O/c1-3-4-7-17-12(14-15-16-17)9-5-6-11(18-2)10(13)8-9/h5-6,8H,3-4,7,13H2,1-2H3. The van der Waals surface area contributed by atoms with Gasteiger partial charge in [-0.2, -0.15) is 0 Å². The lowest BCUT2D eigenvalue weighted by atomic mass is 10.1. The predicted octanol–water partition coefficient (Wildman–Crippen LogP) is 1.73. The number of hydrogen-bond donors (Lipinski definition) is 1. The van der Waals surface area contributed by atoms with Crippen molar-refractivity contribution in [3.05, 3.63) is 18.2 Å². The monoisotopic (exact) mass is 247 g/mol. The summed E-state index contributed by atoms with van der Waals surface area (Å²) in [4.78, 5) is 0. The molecule has 0 radical (unpaired) electrons. The summed E-state index contributed by atoms with van der Waals surface area (Å²) >= 11 is 0. The van der Waals surface area contributed by atoms with Gasteiger partial charge in [0, 0.05) is 12.1 Å². The van der Waals surface area contributed by atoms with Crippen LogP contribution in [0.25, 0.3) is 11.4 Å². The third-order valence-corrected chi connectivity index (χ3v) is 2.74. The topological polar surface area (TPSA) is 78.8 Å². The Bertz CT molecular complexity index is 523. The van der Waals surface area contributed by atoms with Gasteiger partial charge in [-0.25, -0.2) is 4.68 Å². The summed E-state index contributed by atoms with van der Waals surface area (Å²) < 4.78 is 6.93. The quantitative estimate of drug-likeness (QED) is 0.814. The third-order valence-electron chi connectivity index (χ3n) is 2.74. The molecule has 0 saturated carbocycles. The maximum atomic E-state index is 5.89. The third kappa shape index (κ3) is 2.42. The van der Waals surface area contributed by atoms with Crippen LogP contribution in [0.4, 0.5) is 5.69 Å². The summed E-state index contributed by atoms with van der Waals surface area (Å²) in [5, 5.41) is 11.7. The minimum atomic E-state index is 0.583. The number of nitrogens with two attached hydrogens (primary N) is 1. The maximum absolute atomic E-state index is 5.89. The van der Waals surface area contributed by atoms with Crippen LogP contribution >= 0.6 is 0 Å².